The van der Waals surface area contributed by atoms with Gasteiger partial charge in [0.25, 0.3) is 0 Å². The maximum Gasteiger partial charge on any atom is 0.335 e. The van der Waals surface area contributed by atoms with Gasteiger partial charge in [0.1, 0.15) is 17.4 Å². The molecule has 47 heavy (non-hydrogen) atoms. The molecule has 2 atom stereocenters. The van der Waals surface area contributed by atoms with E-state index in [1.807, 2.05) is 31.2 Å². The number of imidazole rings is 1. The molecule has 0 unspecified atom stereocenters. The van der Waals surface area contributed by atoms with E-state index < -0.39 is 11.6 Å². The third-order valence-corrected chi connectivity index (χ3v) is 10.5. The molecule has 3 aromatic carbocycles. The first-order valence-corrected chi connectivity index (χ1v) is 16.8. The number of carboxylic acid groups (broad SMARTS) is 1. The Bertz CT molecular complexity index is 1850. The van der Waals surface area contributed by atoms with E-state index in [2.05, 4.69) is 33.7 Å². The lowest BCUT2D eigenvalue weighted by Crippen LogP contribution is -2.35. The number of halogens is 1. The number of ether oxygens (including phenoxy) is 3. The number of hydrogen-bond donors (Lipinski definition) is 1. The SMILES string of the molecule is C[C@]1(c2ccc(C3COC3)cc2F)C=Cc2cccc(C3CCN(Cc4nc5ccc(C(=O)O)cc5n4CC[C@H]4CCO4)CC3)c2O1. The minimum absolute atomic E-state index is 0.249. The number of para-hydroxylation sites is 1. The van der Waals surface area contributed by atoms with Gasteiger partial charge >= 0.3 is 5.97 Å². The van der Waals surface area contributed by atoms with Crippen LogP contribution in [0.3, 0.4) is 0 Å². The first kappa shape index (κ1) is 30.3. The monoisotopic (exact) mass is 637 g/mol. The van der Waals surface area contributed by atoms with Crippen LogP contribution in [-0.4, -0.2) is 64.5 Å². The van der Waals surface area contributed by atoms with E-state index >= 15 is 4.39 Å². The van der Waals surface area contributed by atoms with Crippen molar-refractivity contribution in [3.63, 3.8) is 0 Å². The zero-order valence-corrected chi connectivity index (χ0v) is 26.7. The number of nitrogens with zero attached hydrogens (tertiary/aromatic N) is 3. The van der Waals surface area contributed by atoms with E-state index in [4.69, 9.17) is 19.2 Å². The van der Waals surface area contributed by atoms with Crippen LogP contribution in [0.25, 0.3) is 17.1 Å². The van der Waals surface area contributed by atoms with Crippen LogP contribution in [0.4, 0.5) is 4.39 Å². The highest BCUT2D eigenvalue weighted by atomic mass is 19.1. The molecule has 1 N–H and O–H groups in total. The van der Waals surface area contributed by atoms with Crippen molar-refractivity contribution in [2.24, 2.45) is 0 Å². The van der Waals surface area contributed by atoms with Crippen molar-refractivity contribution < 1.29 is 28.5 Å². The molecule has 244 valence electrons. The topological polar surface area (TPSA) is 86.1 Å². The first-order chi connectivity index (χ1) is 22.8. The van der Waals surface area contributed by atoms with Crippen molar-refractivity contribution in [2.75, 3.05) is 32.9 Å². The smallest absolute Gasteiger partial charge is 0.335 e. The molecule has 0 aliphatic carbocycles. The number of aromatic carboxylic acids is 1. The summed E-state index contributed by atoms with van der Waals surface area (Å²) >= 11 is 0. The van der Waals surface area contributed by atoms with Gasteiger partial charge in [-0.1, -0.05) is 36.4 Å². The molecule has 9 heteroatoms. The van der Waals surface area contributed by atoms with Gasteiger partial charge in [0.2, 0.25) is 0 Å². The Kier molecular flexibility index (Phi) is 7.86. The minimum atomic E-state index is -0.934. The minimum Gasteiger partial charge on any atom is -0.478 e. The number of aryl methyl sites for hydroxylation is 1. The lowest BCUT2D eigenvalue weighted by molar-refractivity contribution is -0.0564. The van der Waals surface area contributed by atoms with Gasteiger partial charge in [-0.2, -0.15) is 0 Å². The Morgan fingerprint density at radius 1 is 1.06 bits per heavy atom. The fraction of sp³-hybridized carbons (Fsp3) is 0.421. The van der Waals surface area contributed by atoms with Crippen LogP contribution in [0.1, 0.15) is 82.9 Å². The van der Waals surface area contributed by atoms with Gasteiger partial charge in [-0.15, -0.1) is 0 Å². The molecule has 4 aliphatic heterocycles. The van der Waals surface area contributed by atoms with Crippen molar-refractivity contribution in [1.82, 2.24) is 14.5 Å². The largest absolute Gasteiger partial charge is 0.478 e. The molecule has 8 rings (SSSR count). The van der Waals surface area contributed by atoms with Gasteiger partial charge in [-0.25, -0.2) is 14.2 Å². The van der Waals surface area contributed by atoms with Crippen LogP contribution in [-0.2, 0) is 28.2 Å². The lowest BCUT2D eigenvalue weighted by atomic mass is 9.85. The average molecular weight is 638 g/mol. The predicted octanol–water partition coefficient (Wildman–Crippen LogP) is 6.87. The molecule has 0 bridgehead atoms. The van der Waals surface area contributed by atoms with Gasteiger partial charge in [-0.3, -0.25) is 4.90 Å². The van der Waals surface area contributed by atoms with Crippen molar-refractivity contribution >= 4 is 23.1 Å². The highest BCUT2D eigenvalue weighted by Crippen LogP contribution is 2.44. The molecule has 8 nitrogen and oxygen atoms in total. The van der Waals surface area contributed by atoms with E-state index in [9.17, 15) is 9.90 Å². The molecular weight excluding hydrogens is 597 g/mol. The Hall–Kier alpha value is -4.05. The van der Waals surface area contributed by atoms with Gasteiger partial charge < -0.3 is 23.9 Å². The number of likely N-dealkylation sites (tertiary alicyclic amines) is 1. The summed E-state index contributed by atoms with van der Waals surface area (Å²) in [6.45, 7) is 7.29. The third-order valence-electron chi connectivity index (χ3n) is 10.5. The molecule has 3 saturated heterocycles. The number of carbonyl (C=O) groups is 1. The molecule has 4 aliphatic rings. The molecule has 0 amide bonds. The number of aromatic nitrogens is 2. The fourth-order valence-electron chi connectivity index (χ4n) is 7.46. The van der Waals surface area contributed by atoms with Gasteiger partial charge in [0.05, 0.1) is 42.5 Å². The Labute approximate surface area is 273 Å². The zero-order valence-electron chi connectivity index (χ0n) is 26.7. The van der Waals surface area contributed by atoms with Crippen molar-refractivity contribution in [3.8, 4) is 5.75 Å². The van der Waals surface area contributed by atoms with Gasteiger partial charge in [0.15, 0.2) is 5.60 Å². The number of piperidine rings is 1. The van der Waals surface area contributed by atoms with Crippen LogP contribution in [0.5, 0.6) is 5.75 Å². The molecule has 1 aromatic heterocycles. The molecule has 0 radical (unpaired) electrons. The summed E-state index contributed by atoms with van der Waals surface area (Å²) in [4.78, 5) is 19.1. The molecule has 4 aromatic rings. The second-order valence-corrected chi connectivity index (χ2v) is 13.6. The zero-order chi connectivity index (χ0) is 32.1. The van der Waals surface area contributed by atoms with Crippen molar-refractivity contribution in [3.05, 3.63) is 100 Å². The summed E-state index contributed by atoms with van der Waals surface area (Å²) in [6, 6.07) is 17.0. The number of fused-ring (bicyclic) bond motifs is 2. The molecular formula is C38H40FN3O5. The summed E-state index contributed by atoms with van der Waals surface area (Å²) < 4.78 is 35.4. The quantitative estimate of drug-likeness (QED) is 0.215. The summed E-state index contributed by atoms with van der Waals surface area (Å²) in [7, 11) is 0. The van der Waals surface area contributed by atoms with Crippen LogP contribution in [0, 0.1) is 5.82 Å². The molecule has 0 saturated carbocycles. The van der Waals surface area contributed by atoms with E-state index in [-0.39, 0.29) is 23.4 Å². The summed E-state index contributed by atoms with van der Waals surface area (Å²) in [5.41, 5.74) is 4.76. The number of carboxylic acids is 1. The van der Waals surface area contributed by atoms with Crippen LogP contribution in [0.15, 0.2) is 60.7 Å². The second kappa shape index (κ2) is 12.2. The fourth-order valence-corrected chi connectivity index (χ4v) is 7.46. The Morgan fingerprint density at radius 2 is 1.89 bits per heavy atom. The standard InChI is InChI=1S/C38H40FN3O5/c1-38(31-7-5-26(19-32(31)39)28-22-45-23-28)14-9-25-3-2-4-30(36(25)47-38)24-10-15-41(16-11-24)21-35-40-33-8-6-27(37(43)44)20-34(33)42(35)17-12-29-13-18-46-29/h2-9,14,19-20,24,28-29H,10-13,15-18,21-23H2,1H3,(H,43,44)/t29-,38+/m0/s1. The van der Waals surface area contributed by atoms with E-state index in [1.165, 1.54) is 5.56 Å². The van der Waals surface area contributed by atoms with Crippen LogP contribution in [0.2, 0.25) is 0 Å². The number of benzene rings is 3. The summed E-state index contributed by atoms with van der Waals surface area (Å²) in [6.07, 6.45) is 8.17. The number of hydrogen-bond acceptors (Lipinski definition) is 6. The molecule has 5 heterocycles. The third kappa shape index (κ3) is 5.75. The summed E-state index contributed by atoms with van der Waals surface area (Å²) in [5, 5.41) is 9.61. The maximum atomic E-state index is 15.5. The van der Waals surface area contributed by atoms with Gasteiger partial charge in [0, 0.05) is 30.2 Å². The first-order valence-electron chi connectivity index (χ1n) is 16.8. The van der Waals surface area contributed by atoms with E-state index in [1.54, 1.807) is 18.2 Å². The van der Waals surface area contributed by atoms with Crippen molar-refractivity contribution in [2.45, 2.75) is 69.2 Å². The van der Waals surface area contributed by atoms with Gasteiger partial charge in [-0.05, 0) is 93.1 Å². The lowest BCUT2D eigenvalue weighted by Gasteiger charge is -2.37. The average Bonchev–Trinajstić information content (AvgIpc) is 3.35. The normalized spacial score (nSPS) is 23.2. The second-order valence-electron chi connectivity index (χ2n) is 13.6. The maximum absolute atomic E-state index is 15.5. The van der Waals surface area contributed by atoms with Crippen LogP contribution < -0.4 is 4.74 Å². The van der Waals surface area contributed by atoms with E-state index in [0.29, 0.717) is 31.2 Å². The van der Waals surface area contributed by atoms with E-state index in [0.717, 1.165) is 85.7 Å². The number of rotatable bonds is 9. The molecule has 0 spiro atoms. The van der Waals surface area contributed by atoms with Crippen molar-refractivity contribution in [1.29, 1.82) is 0 Å². The molecule has 3 fully saturated rings. The van der Waals surface area contributed by atoms with Crippen LogP contribution >= 0.6 is 0 Å². The Morgan fingerprint density at radius 3 is 2.60 bits per heavy atom. The predicted molar refractivity (Wildman–Crippen MR) is 176 cm³/mol. The highest BCUT2D eigenvalue weighted by Gasteiger charge is 2.36. The highest BCUT2D eigenvalue weighted by molar-refractivity contribution is 5.92. The Balaban J connectivity index is 0.986. The summed E-state index contributed by atoms with van der Waals surface area (Å²) in [5.74, 6) is 1.20.